The molecule has 1 rings (SSSR count). The maximum Gasteiger partial charge on any atom is 0.248 e. The van der Waals surface area contributed by atoms with Gasteiger partial charge in [-0.3, -0.25) is 10.1 Å². The molecule has 0 N–H and O–H groups in total. The Morgan fingerprint density at radius 2 is 2.36 bits per heavy atom. The third kappa shape index (κ3) is 2.22. The summed E-state index contributed by atoms with van der Waals surface area (Å²) in [5.74, 6) is 0. The molecule has 0 unspecified atom stereocenters. The van der Waals surface area contributed by atoms with Gasteiger partial charge in [-0.2, -0.15) is 0 Å². The van der Waals surface area contributed by atoms with Crippen molar-refractivity contribution in [2.24, 2.45) is 0 Å². The zero-order valence-electron chi connectivity index (χ0n) is 8.43. The molecule has 4 heteroatoms. The summed E-state index contributed by atoms with van der Waals surface area (Å²) in [6.07, 6.45) is 3.99. The second-order valence-corrected chi connectivity index (χ2v) is 2.97. The number of nitrogens with zero attached hydrogens (tertiary/aromatic N) is 2. The number of hydrogen-bond acceptors (Lipinski definition) is 2. The molecular formula is C10H14N2O2. The summed E-state index contributed by atoms with van der Waals surface area (Å²) in [6.45, 7) is 4.62. The van der Waals surface area contributed by atoms with Crippen molar-refractivity contribution in [3.05, 3.63) is 39.8 Å². The minimum absolute atomic E-state index is 0.249. The van der Waals surface area contributed by atoms with Crippen LogP contribution in [0, 0.1) is 10.1 Å². The van der Waals surface area contributed by atoms with E-state index in [1.54, 1.807) is 13.0 Å². The van der Waals surface area contributed by atoms with Gasteiger partial charge in [0.2, 0.25) is 5.70 Å². The minimum Gasteiger partial charge on any atom is -0.348 e. The van der Waals surface area contributed by atoms with Crippen molar-refractivity contribution in [3.63, 3.8) is 0 Å². The normalized spacial score (nSPS) is 11.7. The molecule has 1 aromatic rings. The van der Waals surface area contributed by atoms with Gasteiger partial charge in [-0.1, -0.05) is 6.92 Å². The fourth-order valence-electron chi connectivity index (χ4n) is 1.30. The van der Waals surface area contributed by atoms with Crippen molar-refractivity contribution in [3.8, 4) is 0 Å². The molecule has 0 fully saturated rings. The van der Waals surface area contributed by atoms with E-state index in [1.807, 2.05) is 29.8 Å². The molecule has 4 nitrogen and oxygen atoms in total. The molecule has 0 atom stereocenters. The first kappa shape index (κ1) is 10.5. The molecule has 1 aromatic heterocycles. The molecule has 0 saturated heterocycles. The van der Waals surface area contributed by atoms with Gasteiger partial charge in [-0.15, -0.1) is 0 Å². The molecule has 1 heterocycles. The number of aryl methyl sites for hydroxylation is 1. The van der Waals surface area contributed by atoms with E-state index in [0.717, 1.165) is 12.2 Å². The predicted molar refractivity (Wildman–Crippen MR) is 55.4 cm³/mol. The molecule has 76 valence electrons. The van der Waals surface area contributed by atoms with Crippen molar-refractivity contribution >= 4 is 6.08 Å². The Balaban J connectivity index is 2.99. The standard InChI is InChI=1S/C10H14N2O2/c1-3-9(12(13)14)8-10-6-5-7-11(10)4-2/h5-8H,3-4H2,1-2H3. The molecule has 0 spiro atoms. The first-order valence-electron chi connectivity index (χ1n) is 4.69. The van der Waals surface area contributed by atoms with Crippen LogP contribution >= 0.6 is 0 Å². The fraction of sp³-hybridized carbons (Fsp3) is 0.400. The van der Waals surface area contributed by atoms with Gasteiger partial charge in [-0.05, 0) is 19.1 Å². The van der Waals surface area contributed by atoms with E-state index in [-0.39, 0.29) is 10.6 Å². The summed E-state index contributed by atoms with van der Waals surface area (Å²) >= 11 is 0. The monoisotopic (exact) mass is 194 g/mol. The van der Waals surface area contributed by atoms with Gasteiger partial charge in [0.05, 0.1) is 4.92 Å². The number of rotatable bonds is 4. The fourth-order valence-corrected chi connectivity index (χ4v) is 1.30. The summed E-state index contributed by atoms with van der Waals surface area (Å²) in [7, 11) is 0. The quantitative estimate of drug-likeness (QED) is 0.546. The van der Waals surface area contributed by atoms with E-state index >= 15 is 0 Å². The van der Waals surface area contributed by atoms with Gasteiger partial charge in [0.1, 0.15) is 0 Å². The van der Waals surface area contributed by atoms with Gasteiger partial charge in [0, 0.05) is 30.9 Å². The second kappa shape index (κ2) is 4.60. The van der Waals surface area contributed by atoms with Crippen LogP contribution in [-0.2, 0) is 6.54 Å². The number of hydrogen-bond donors (Lipinski definition) is 0. The van der Waals surface area contributed by atoms with E-state index in [2.05, 4.69) is 0 Å². The van der Waals surface area contributed by atoms with Crippen molar-refractivity contribution in [2.75, 3.05) is 0 Å². The van der Waals surface area contributed by atoms with E-state index in [0.29, 0.717) is 6.42 Å². The highest BCUT2D eigenvalue weighted by molar-refractivity contribution is 5.47. The Morgan fingerprint density at radius 1 is 1.64 bits per heavy atom. The molecule has 0 bridgehead atoms. The van der Waals surface area contributed by atoms with Crippen molar-refractivity contribution < 1.29 is 4.92 Å². The summed E-state index contributed by atoms with van der Waals surface area (Å²) in [4.78, 5) is 10.3. The minimum atomic E-state index is -0.326. The van der Waals surface area contributed by atoms with Crippen LogP contribution < -0.4 is 0 Å². The maximum atomic E-state index is 10.6. The Bertz CT molecular complexity index is 353. The average molecular weight is 194 g/mol. The highest BCUT2D eigenvalue weighted by Gasteiger charge is 2.08. The molecule has 0 radical (unpaired) electrons. The zero-order chi connectivity index (χ0) is 10.6. The lowest BCUT2D eigenvalue weighted by Gasteiger charge is -2.01. The number of aromatic nitrogens is 1. The number of allylic oxidation sites excluding steroid dienone is 1. The molecule has 0 aliphatic carbocycles. The Labute approximate surface area is 83.0 Å². The summed E-state index contributed by atoms with van der Waals surface area (Å²) in [5, 5.41) is 10.6. The predicted octanol–water partition coefficient (Wildman–Crippen LogP) is 2.54. The van der Waals surface area contributed by atoms with Crippen LogP contribution in [0.4, 0.5) is 0 Å². The first-order chi connectivity index (χ1) is 6.69. The summed E-state index contributed by atoms with van der Waals surface area (Å²) < 4.78 is 1.97. The molecule has 0 amide bonds. The second-order valence-electron chi connectivity index (χ2n) is 2.97. The average Bonchev–Trinajstić information content (AvgIpc) is 2.60. The molecule has 0 aliphatic rings. The Hall–Kier alpha value is -1.58. The largest absolute Gasteiger partial charge is 0.348 e. The van der Waals surface area contributed by atoms with Crippen LogP contribution in [-0.4, -0.2) is 9.49 Å². The van der Waals surface area contributed by atoms with Crippen molar-refractivity contribution in [1.82, 2.24) is 4.57 Å². The molecule has 14 heavy (non-hydrogen) atoms. The van der Waals surface area contributed by atoms with E-state index in [4.69, 9.17) is 0 Å². The maximum absolute atomic E-state index is 10.6. The van der Waals surface area contributed by atoms with Gasteiger partial charge in [0.25, 0.3) is 0 Å². The van der Waals surface area contributed by atoms with E-state index in [9.17, 15) is 10.1 Å². The van der Waals surface area contributed by atoms with Crippen LogP contribution in [0.1, 0.15) is 26.0 Å². The lowest BCUT2D eigenvalue weighted by Crippen LogP contribution is -1.99. The van der Waals surface area contributed by atoms with Crippen LogP contribution in [0.2, 0.25) is 0 Å². The lowest BCUT2D eigenvalue weighted by atomic mass is 10.3. The SMILES string of the molecule is CCC(=Cc1cccn1CC)[N+](=O)[O-]. The number of nitro groups is 1. The van der Waals surface area contributed by atoms with Gasteiger partial charge < -0.3 is 4.57 Å². The van der Waals surface area contributed by atoms with Crippen LogP contribution in [0.3, 0.4) is 0 Å². The highest BCUT2D eigenvalue weighted by Crippen LogP contribution is 2.11. The van der Waals surface area contributed by atoms with Gasteiger partial charge >= 0.3 is 0 Å². The molecule has 0 saturated carbocycles. The molecule has 0 aromatic carbocycles. The first-order valence-corrected chi connectivity index (χ1v) is 4.69. The van der Waals surface area contributed by atoms with Crippen LogP contribution in [0.25, 0.3) is 6.08 Å². The van der Waals surface area contributed by atoms with Gasteiger partial charge in [0.15, 0.2) is 0 Å². The smallest absolute Gasteiger partial charge is 0.248 e. The van der Waals surface area contributed by atoms with Crippen molar-refractivity contribution in [2.45, 2.75) is 26.8 Å². The molecule has 0 aliphatic heterocycles. The topological polar surface area (TPSA) is 48.1 Å². The summed E-state index contributed by atoms with van der Waals surface area (Å²) in [6, 6.07) is 3.77. The van der Waals surface area contributed by atoms with Crippen LogP contribution in [0.15, 0.2) is 24.0 Å². The zero-order valence-corrected chi connectivity index (χ0v) is 8.43. The third-order valence-electron chi connectivity index (χ3n) is 2.12. The summed E-state index contributed by atoms with van der Waals surface area (Å²) in [5.41, 5.74) is 1.14. The molecular weight excluding hydrogens is 180 g/mol. The Morgan fingerprint density at radius 3 is 2.86 bits per heavy atom. The Kier molecular flexibility index (Phi) is 3.45. The van der Waals surface area contributed by atoms with Crippen molar-refractivity contribution in [1.29, 1.82) is 0 Å². The lowest BCUT2D eigenvalue weighted by molar-refractivity contribution is -0.425. The third-order valence-corrected chi connectivity index (χ3v) is 2.12. The van der Waals surface area contributed by atoms with Gasteiger partial charge in [-0.25, -0.2) is 0 Å². The van der Waals surface area contributed by atoms with Crippen LogP contribution in [0.5, 0.6) is 0 Å². The highest BCUT2D eigenvalue weighted by atomic mass is 16.6. The van der Waals surface area contributed by atoms with E-state index < -0.39 is 0 Å². The van der Waals surface area contributed by atoms with E-state index in [1.165, 1.54) is 0 Å².